The molecule has 1 amide bonds. The highest BCUT2D eigenvalue weighted by molar-refractivity contribution is 5.82. The molecule has 2 saturated carbocycles. The normalized spacial score (nSPS) is 32.0. The van der Waals surface area contributed by atoms with E-state index in [1.165, 1.54) is 32.1 Å². The van der Waals surface area contributed by atoms with Crippen molar-refractivity contribution in [2.75, 3.05) is 13.1 Å². The molecule has 0 N–H and O–H groups in total. The SMILES string of the molecule is CCC(C)(C)C1CCC2(CC1)C[C@H]2C(=O)N1CCC(Cn2cncn2)CC1. The van der Waals surface area contributed by atoms with Gasteiger partial charge in [0.05, 0.1) is 0 Å². The summed E-state index contributed by atoms with van der Waals surface area (Å²) in [6, 6.07) is 0. The average molecular weight is 373 g/mol. The standard InChI is InChI=1S/C22H36N4O/c1-4-21(2,3)18-5-9-22(10-6-18)13-19(22)20(27)25-11-7-17(8-12-25)14-26-16-23-15-24-26/h15-19H,4-14H2,1-3H3/t18?,19-,22?/m0/s1. The van der Waals surface area contributed by atoms with Crippen LogP contribution in [0.3, 0.4) is 0 Å². The van der Waals surface area contributed by atoms with Gasteiger partial charge >= 0.3 is 0 Å². The molecule has 1 aliphatic heterocycles. The molecule has 150 valence electrons. The Kier molecular flexibility index (Phi) is 5.06. The van der Waals surface area contributed by atoms with Crippen LogP contribution in [0, 0.1) is 28.6 Å². The van der Waals surface area contributed by atoms with E-state index in [1.54, 1.807) is 12.7 Å². The Morgan fingerprint density at radius 2 is 1.89 bits per heavy atom. The first-order chi connectivity index (χ1) is 12.9. The third-order valence-electron chi connectivity index (χ3n) is 8.32. The molecule has 2 aliphatic carbocycles. The number of carbonyl (C=O) groups excluding carboxylic acids is 1. The van der Waals surface area contributed by atoms with Gasteiger partial charge in [0.1, 0.15) is 12.7 Å². The lowest BCUT2D eigenvalue weighted by molar-refractivity contribution is -0.135. The van der Waals surface area contributed by atoms with Gasteiger partial charge in [0.2, 0.25) is 5.91 Å². The Bertz CT molecular complexity index is 637. The second kappa shape index (κ2) is 7.21. The molecule has 27 heavy (non-hydrogen) atoms. The quantitative estimate of drug-likeness (QED) is 0.780. The zero-order valence-corrected chi connectivity index (χ0v) is 17.4. The fourth-order valence-electron chi connectivity index (χ4n) is 5.66. The molecule has 1 saturated heterocycles. The number of piperidine rings is 1. The molecule has 1 spiro atoms. The molecule has 1 atom stereocenters. The Labute approximate surface area is 163 Å². The van der Waals surface area contributed by atoms with Gasteiger partial charge in [-0.2, -0.15) is 5.10 Å². The lowest BCUT2D eigenvalue weighted by Gasteiger charge is -2.40. The molecule has 0 radical (unpaired) electrons. The largest absolute Gasteiger partial charge is 0.342 e. The van der Waals surface area contributed by atoms with Crippen molar-refractivity contribution in [1.82, 2.24) is 19.7 Å². The van der Waals surface area contributed by atoms with Crippen molar-refractivity contribution in [3.63, 3.8) is 0 Å². The van der Waals surface area contributed by atoms with E-state index in [4.69, 9.17) is 0 Å². The number of hydrogen-bond acceptors (Lipinski definition) is 3. The lowest BCUT2D eigenvalue weighted by Crippen LogP contribution is -2.41. The number of aromatic nitrogens is 3. The molecule has 1 aromatic rings. The molecule has 3 fully saturated rings. The smallest absolute Gasteiger partial charge is 0.226 e. The first-order valence-corrected chi connectivity index (χ1v) is 11.0. The van der Waals surface area contributed by atoms with Gasteiger partial charge in [0.25, 0.3) is 0 Å². The topological polar surface area (TPSA) is 51.0 Å². The van der Waals surface area contributed by atoms with Crippen LogP contribution < -0.4 is 0 Å². The van der Waals surface area contributed by atoms with Gasteiger partial charge in [0, 0.05) is 25.6 Å². The molecular weight excluding hydrogens is 336 g/mol. The maximum absolute atomic E-state index is 13.1. The number of rotatable bonds is 5. The summed E-state index contributed by atoms with van der Waals surface area (Å²) in [5.41, 5.74) is 0.830. The van der Waals surface area contributed by atoms with E-state index in [9.17, 15) is 4.79 Å². The molecule has 5 nitrogen and oxygen atoms in total. The number of hydrogen-bond donors (Lipinski definition) is 0. The molecule has 0 unspecified atom stereocenters. The van der Waals surface area contributed by atoms with Crippen LogP contribution >= 0.6 is 0 Å². The van der Waals surface area contributed by atoms with Crippen molar-refractivity contribution in [2.45, 2.75) is 78.7 Å². The third-order valence-corrected chi connectivity index (χ3v) is 8.32. The summed E-state index contributed by atoms with van der Waals surface area (Å²) >= 11 is 0. The molecule has 3 aliphatic rings. The third kappa shape index (κ3) is 3.79. The maximum atomic E-state index is 13.1. The number of carbonyl (C=O) groups is 1. The van der Waals surface area contributed by atoms with Crippen LogP contribution in [0.5, 0.6) is 0 Å². The predicted octanol–water partition coefficient (Wildman–Crippen LogP) is 4.15. The Morgan fingerprint density at radius 1 is 1.19 bits per heavy atom. The van der Waals surface area contributed by atoms with Crippen LogP contribution in [-0.2, 0) is 11.3 Å². The van der Waals surface area contributed by atoms with E-state index >= 15 is 0 Å². The average Bonchev–Trinajstić information content (AvgIpc) is 3.11. The van der Waals surface area contributed by atoms with E-state index < -0.39 is 0 Å². The summed E-state index contributed by atoms with van der Waals surface area (Å²) in [6.07, 6.45) is 13.2. The zero-order chi connectivity index (χ0) is 19.1. The van der Waals surface area contributed by atoms with E-state index in [2.05, 4.69) is 35.8 Å². The van der Waals surface area contributed by atoms with Gasteiger partial charge in [-0.25, -0.2) is 4.98 Å². The number of nitrogens with zero attached hydrogens (tertiary/aromatic N) is 4. The van der Waals surface area contributed by atoms with Crippen molar-refractivity contribution in [1.29, 1.82) is 0 Å². The van der Waals surface area contributed by atoms with Gasteiger partial charge in [-0.1, -0.05) is 27.2 Å². The Hall–Kier alpha value is -1.39. The molecular formula is C22H36N4O. The van der Waals surface area contributed by atoms with Crippen molar-refractivity contribution in [2.24, 2.45) is 28.6 Å². The molecule has 0 bridgehead atoms. The van der Waals surface area contributed by atoms with Crippen molar-refractivity contribution in [3.8, 4) is 0 Å². The highest BCUT2D eigenvalue weighted by atomic mass is 16.2. The minimum absolute atomic E-state index is 0.329. The summed E-state index contributed by atoms with van der Waals surface area (Å²) in [5.74, 6) is 2.25. The highest BCUT2D eigenvalue weighted by Crippen LogP contribution is 2.64. The monoisotopic (exact) mass is 372 g/mol. The van der Waals surface area contributed by atoms with Crippen molar-refractivity contribution in [3.05, 3.63) is 12.7 Å². The van der Waals surface area contributed by atoms with Crippen molar-refractivity contribution < 1.29 is 4.79 Å². The van der Waals surface area contributed by atoms with E-state index in [1.807, 2.05) is 4.68 Å². The van der Waals surface area contributed by atoms with Crippen LogP contribution in [0.4, 0.5) is 0 Å². The molecule has 2 heterocycles. The van der Waals surface area contributed by atoms with E-state index in [-0.39, 0.29) is 0 Å². The second-order valence-corrected chi connectivity index (χ2v) is 10.1. The summed E-state index contributed by atoms with van der Waals surface area (Å²) in [5, 5.41) is 4.21. The van der Waals surface area contributed by atoms with Gasteiger partial charge in [-0.3, -0.25) is 9.48 Å². The minimum Gasteiger partial charge on any atom is -0.342 e. The fourth-order valence-corrected chi connectivity index (χ4v) is 5.66. The van der Waals surface area contributed by atoms with Crippen LogP contribution in [0.25, 0.3) is 0 Å². The minimum atomic E-state index is 0.329. The second-order valence-electron chi connectivity index (χ2n) is 10.1. The molecule has 0 aromatic carbocycles. The summed E-state index contributed by atoms with van der Waals surface area (Å²) in [4.78, 5) is 19.3. The van der Waals surface area contributed by atoms with Crippen LogP contribution in [0.2, 0.25) is 0 Å². The first-order valence-electron chi connectivity index (χ1n) is 11.0. The van der Waals surface area contributed by atoms with Crippen LogP contribution in [0.15, 0.2) is 12.7 Å². The number of likely N-dealkylation sites (tertiary alicyclic amines) is 1. The summed E-state index contributed by atoms with van der Waals surface area (Å²) < 4.78 is 1.92. The first kappa shape index (κ1) is 18.9. The van der Waals surface area contributed by atoms with Crippen molar-refractivity contribution >= 4 is 5.91 Å². The van der Waals surface area contributed by atoms with E-state index in [0.29, 0.717) is 28.6 Å². The number of amides is 1. The van der Waals surface area contributed by atoms with E-state index in [0.717, 1.165) is 44.8 Å². The Balaban J connectivity index is 1.25. The maximum Gasteiger partial charge on any atom is 0.226 e. The highest BCUT2D eigenvalue weighted by Gasteiger charge is 2.60. The lowest BCUT2D eigenvalue weighted by atomic mass is 9.66. The van der Waals surface area contributed by atoms with Gasteiger partial charge in [-0.05, 0) is 67.6 Å². The zero-order valence-electron chi connectivity index (χ0n) is 17.4. The molecule has 4 rings (SSSR count). The predicted molar refractivity (Wildman–Crippen MR) is 106 cm³/mol. The fraction of sp³-hybridized carbons (Fsp3) is 0.864. The van der Waals surface area contributed by atoms with Gasteiger partial charge in [0.15, 0.2) is 0 Å². The summed E-state index contributed by atoms with van der Waals surface area (Å²) in [6.45, 7) is 9.96. The van der Waals surface area contributed by atoms with Gasteiger partial charge in [-0.15, -0.1) is 0 Å². The van der Waals surface area contributed by atoms with Crippen LogP contribution in [0.1, 0.15) is 72.1 Å². The molecule has 1 aromatic heterocycles. The molecule has 5 heteroatoms. The van der Waals surface area contributed by atoms with Gasteiger partial charge < -0.3 is 4.90 Å². The van der Waals surface area contributed by atoms with Crippen LogP contribution in [-0.4, -0.2) is 38.7 Å². The Morgan fingerprint density at radius 3 is 2.48 bits per heavy atom. The summed E-state index contributed by atoms with van der Waals surface area (Å²) in [7, 11) is 0.